The van der Waals surface area contributed by atoms with Gasteiger partial charge in [0.05, 0.1) is 6.61 Å². The normalized spacial score (nSPS) is 13.4. The van der Waals surface area contributed by atoms with Crippen molar-refractivity contribution in [2.45, 2.75) is 51.9 Å². The maximum atomic E-state index is 11.9. The van der Waals surface area contributed by atoms with Crippen molar-refractivity contribution in [3.63, 3.8) is 0 Å². The van der Waals surface area contributed by atoms with Gasteiger partial charge in [-0.25, -0.2) is 4.79 Å². The maximum absolute atomic E-state index is 11.9. The molecule has 0 bridgehead atoms. The Morgan fingerprint density at radius 2 is 1.95 bits per heavy atom. The summed E-state index contributed by atoms with van der Waals surface area (Å²) in [5, 5.41) is 11.6. The third-order valence-corrected chi connectivity index (χ3v) is 3.17. The van der Waals surface area contributed by atoms with Crippen LogP contribution in [0.5, 0.6) is 0 Å². The number of ether oxygens (including phenoxy) is 1. The van der Waals surface area contributed by atoms with Gasteiger partial charge in [0.2, 0.25) is 5.91 Å². The molecule has 0 radical (unpaired) electrons. The first-order valence-electron chi connectivity index (χ1n) is 7.23. The molecule has 1 unspecified atom stereocenters. The molecule has 5 nitrogen and oxygen atoms in total. The number of carboxylic acid groups (broad SMARTS) is 1. The molecule has 0 fully saturated rings. The lowest BCUT2D eigenvalue weighted by Crippen LogP contribution is -2.45. The Balaban J connectivity index is 2.43. The van der Waals surface area contributed by atoms with Gasteiger partial charge in [0.25, 0.3) is 0 Å². The highest BCUT2D eigenvalue weighted by Gasteiger charge is 2.22. The zero-order chi connectivity index (χ0) is 15.7. The van der Waals surface area contributed by atoms with Gasteiger partial charge in [0, 0.05) is 0 Å². The van der Waals surface area contributed by atoms with Crippen LogP contribution in [0.25, 0.3) is 0 Å². The van der Waals surface area contributed by atoms with Crippen LogP contribution in [0.4, 0.5) is 0 Å². The zero-order valence-corrected chi connectivity index (χ0v) is 12.5. The first-order chi connectivity index (χ1) is 10.0. The Hall–Kier alpha value is -1.88. The molecule has 0 aliphatic carbocycles. The number of amides is 1. The molecule has 0 saturated heterocycles. The highest BCUT2D eigenvalue weighted by atomic mass is 16.5. The summed E-state index contributed by atoms with van der Waals surface area (Å²) in [5.41, 5.74) is 0.970. The van der Waals surface area contributed by atoms with Crippen LogP contribution in [0.1, 0.15) is 38.7 Å². The van der Waals surface area contributed by atoms with E-state index in [1.807, 2.05) is 37.3 Å². The number of benzene rings is 1. The molecule has 0 saturated carbocycles. The van der Waals surface area contributed by atoms with Gasteiger partial charge in [-0.3, -0.25) is 4.79 Å². The molecule has 21 heavy (non-hydrogen) atoms. The molecule has 5 heteroatoms. The molecule has 0 spiro atoms. The number of hydrogen-bond acceptors (Lipinski definition) is 3. The second-order valence-electron chi connectivity index (χ2n) is 4.98. The van der Waals surface area contributed by atoms with E-state index in [1.165, 1.54) is 0 Å². The van der Waals surface area contributed by atoms with E-state index in [0.29, 0.717) is 13.0 Å². The highest BCUT2D eigenvalue weighted by molar-refractivity contribution is 5.86. The SMILES string of the molecule is CCCC[C@H](NC(=O)C(C)OCc1ccccc1)C(=O)O. The van der Waals surface area contributed by atoms with Crippen molar-refractivity contribution < 1.29 is 19.4 Å². The average molecular weight is 293 g/mol. The van der Waals surface area contributed by atoms with Crippen LogP contribution in [-0.2, 0) is 20.9 Å². The third-order valence-electron chi connectivity index (χ3n) is 3.17. The van der Waals surface area contributed by atoms with Crippen molar-refractivity contribution >= 4 is 11.9 Å². The summed E-state index contributed by atoms with van der Waals surface area (Å²) in [6, 6.07) is 8.67. The molecule has 0 heterocycles. The average Bonchev–Trinajstić information content (AvgIpc) is 2.49. The van der Waals surface area contributed by atoms with E-state index >= 15 is 0 Å². The first-order valence-corrected chi connectivity index (χ1v) is 7.23. The summed E-state index contributed by atoms with van der Waals surface area (Å²) in [7, 11) is 0. The molecular weight excluding hydrogens is 270 g/mol. The predicted molar refractivity (Wildman–Crippen MR) is 79.8 cm³/mol. The Bertz CT molecular complexity index is 447. The third kappa shape index (κ3) is 6.40. The van der Waals surface area contributed by atoms with Crippen molar-refractivity contribution in [3.05, 3.63) is 35.9 Å². The van der Waals surface area contributed by atoms with Crippen LogP contribution in [0.3, 0.4) is 0 Å². The molecule has 2 N–H and O–H groups in total. The number of hydrogen-bond donors (Lipinski definition) is 2. The van der Waals surface area contributed by atoms with Gasteiger partial charge in [-0.2, -0.15) is 0 Å². The smallest absolute Gasteiger partial charge is 0.326 e. The van der Waals surface area contributed by atoms with Gasteiger partial charge in [-0.1, -0.05) is 50.1 Å². The number of carbonyl (C=O) groups is 2. The van der Waals surface area contributed by atoms with Crippen LogP contribution in [0, 0.1) is 0 Å². The predicted octanol–water partition coefficient (Wildman–Crippen LogP) is 2.35. The van der Waals surface area contributed by atoms with Crippen molar-refractivity contribution in [2.75, 3.05) is 0 Å². The van der Waals surface area contributed by atoms with E-state index in [0.717, 1.165) is 18.4 Å². The molecule has 1 aromatic rings. The second-order valence-corrected chi connectivity index (χ2v) is 4.98. The molecule has 0 aliphatic heterocycles. The Morgan fingerprint density at radius 3 is 2.52 bits per heavy atom. The summed E-state index contributed by atoms with van der Waals surface area (Å²) < 4.78 is 5.47. The van der Waals surface area contributed by atoms with E-state index in [4.69, 9.17) is 9.84 Å². The summed E-state index contributed by atoms with van der Waals surface area (Å²) in [6.07, 6.45) is 1.40. The van der Waals surface area contributed by atoms with E-state index in [-0.39, 0.29) is 0 Å². The number of carboxylic acids is 1. The maximum Gasteiger partial charge on any atom is 0.326 e. The van der Waals surface area contributed by atoms with Crippen LogP contribution >= 0.6 is 0 Å². The highest BCUT2D eigenvalue weighted by Crippen LogP contribution is 2.05. The van der Waals surface area contributed by atoms with Crippen LogP contribution in [-0.4, -0.2) is 29.1 Å². The summed E-state index contributed by atoms with van der Waals surface area (Å²) in [4.78, 5) is 23.0. The van der Waals surface area contributed by atoms with Gasteiger partial charge in [-0.15, -0.1) is 0 Å². The number of aliphatic carboxylic acids is 1. The zero-order valence-electron chi connectivity index (χ0n) is 12.5. The summed E-state index contributed by atoms with van der Waals surface area (Å²) in [6.45, 7) is 3.92. The molecular formula is C16H23NO4. The summed E-state index contributed by atoms with van der Waals surface area (Å²) >= 11 is 0. The standard InChI is InChI=1S/C16H23NO4/c1-3-4-10-14(16(19)20)17-15(18)12(2)21-11-13-8-6-5-7-9-13/h5-9,12,14H,3-4,10-11H2,1-2H3,(H,17,18)(H,19,20)/t12?,14-/m0/s1. The largest absolute Gasteiger partial charge is 0.480 e. The number of unbranched alkanes of at least 4 members (excludes halogenated alkanes) is 1. The lowest BCUT2D eigenvalue weighted by Gasteiger charge is -2.18. The van der Waals surface area contributed by atoms with Gasteiger partial charge < -0.3 is 15.2 Å². The van der Waals surface area contributed by atoms with E-state index in [9.17, 15) is 9.59 Å². The molecule has 0 aromatic heterocycles. The minimum atomic E-state index is -1.01. The fourth-order valence-corrected chi connectivity index (χ4v) is 1.83. The van der Waals surface area contributed by atoms with E-state index in [2.05, 4.69) is 5.32 Å². The lowest BCUT2D eigenvalue weighted by molar-refractivity contribution is -0.144. The monoisotopic (exact) mass is 293 g/mol. The van der Waals surface area contributed by atoms with E-state index in [1.54, 1.807) is 6.92 Å². The van der Waals surface area contributed by atoms with Crippen molar-refractivity contribution in [3.8, 4) is 0 Å². The van der Waals surface area contributed by atoms with Crippen LogP contribution in [0.2, 0.25) is 0 Å². The van der Waals surface area contributed by atoms with Crippen LogP contribution in [0.15, 0.2) is 30.3 Å². The first kappa shape index (κ1) is 17.2. The molecule has 1 rings (SSSR count). The fraction of sp³-hybridized carbons (Fsp3) is 0.500. The van der Waals surface area contributed by atoms with Gasteiger partial charge in [0.1, 0.15) is 12.1 Å². The van der Waals surface area contributed by atoms with Gasteiger partial charge in [0.15, 0.2) is 0 Å². The number of rotatable bonds is 9. The Labute approximate surface area is 125 Å². The van der Waals surface area contributed by atoms with Gasteiger partial charge in [-0.05, 0) is 18.9 Å². The number of nitrogens with one attached hydrogen (secondary N) is 1. The Kier molecular flexibility index (Phi) is 7.46. The van der Waals surface area contributed by atoms with Crippen molar-refractivity contribution in [2.24, 2.45) is 0 Å². The lowest BCUT2D eigenvalue weighted by atomic mass is 10.1. The minimum absolute atomic E-state index is 0.322. The quantitative estimate of drug-likeness (QED) is 0.733. The fourth-order valence-electron chi connectivity index (χ4n) is 1.83. The number of carbonyl (C=O) groups excluding carboxylic acids is 1. The van der Waals surface area contributed by atoms with E-state index < -0.39 is 24.0 Å². The van der Waals surface area contributed by atoms with Crippen LogP contribution < -0.4 is 5.32 Å². The topological polar surface area (TPSA) is 75.6 Å². The molecule has 116 valence electrons. The Morgan fingerprint density at radius 1 is 1.29 bits per heavy atom. The molecule has 0 aliphatic rings. The molecule has 2 atom stereocenters. The second kappa shape index (κ2) is 9.13. The van der Waals surface area contributed by atoms with Gasteiger partial charge >= 0.3 is 5.97 Å². The summed E-state index contributed by atoms with van der Waals surface area (Å²) in [5.74, 6) is -1.40. The van der Waals surface area contributed by atoms with Crippen molar-refractivity contribution in [1.29, 1.82) is 0 Å². The minimum Gasteiger partial charge on any atom is -0.480 e. The molecule has 1 aromatic carbocycles. The molecule has 1 amide bonds. The van der Waals surface area contributed by atoms with Crippen molar-refractivity contribution in [1.82, 2.24) is 5.32 Å².